The van der Waals surface area contributed by atoms with Crippen molar-refractivity contribution in [1.29, 1.82) is 0 Å². The Labute approximate surface area is 195 Å². The summed E-state index contributed by atoms with van der Waals surface area (Å²) in [7, 11) is 0. The SMILES string of the molecule is CC(=O)Nc1sc2c(c1C(=O)OCC(=O)c1ccc(CNC(=O)C(C)(C)C)s1)CCCC2. The number of carbonyl (C=O) groups excluding carboxylic acids is 4. The summed E-state index contributed by atoms with van der Waals surface area (Å²) >= 11 is 2.68. The van der Waals surface area contributed by atoms with Gasteiger partial charge in [-0.3, -0.25) is 14.4 Å². The number of anilines is 1. The fourth-order valence-electron chi connectivity index (χ4n) is 3.36. The molecule has 0 atom stereocenters. The summed E-state index contributed by atoms with van der Waals surface area (Å²) in [5.74, 6) is -1.21. The van der Waals surface area contributed by atoms with E-state index in [1.807, 2.05) is 20.8 Å². The number of rotatable bonds is 7. The average molecular weight is 477 g/mol. The molecule has 2 aromatic heterocycles. The Bertz CT molecular complexity index is 1050. The lowest BCUT2D eigenvalue weighted by molar-refractivity contribution is -0.128. The average Bonchev–Trinajstić information content (AvgIpc) is 3.33. The minimum Gasteiger partial charge on any atom is -0.454 e. The molecule has 9 heteroatoms. The number of esters is 1. The molecule has 2 aromatic rings. The van der Waals surface area contributed by atoms with E-state index >= 15 is 0 Å². The van der Waals surface area contributed by atoms with Crippen LogP contribution in [0.5, 0.6) is 0 Å². The Morgan fingerprint density at radius 3 is 2.47 bits per heavy atom. The van der Waals surface area contributed by atoms with Gasteiger partial charge in [0.25, 0.3) is 0 Å². The molecular formula is C23H28N2O5S2. The highest BCUT2D eigenvalue weighted by Crippen LogP contribution is 2.38. The van der Waals surface area contributed by atoms with Crippen LogP contribution in [0.4, 0.5) is 5.00 Å². The Morgan fingerprint density at radius 2 is 1.78 bits per heavy atom. The van der Waals surface area contributed by atoms with Crippen molar-refractivity contribution < 1.29 is 23.9 Å². The van der Waals surface area contributed by atoms with Crippen molar-refractivity contribution in [3.05, 3.63) is 37.9 Å². The van der Waals surface area contributed by atoms with Crippen LogP contribution in [-0.2, 0) is 33.7 Å². The van der Waals surface area contributed by atoms with Gasteiger partial charge in [-0.1, -0.05) is 20.8 Å². The van der Waals surface area contributed by atoms with Crippen LogP contribution < -0.4 is 10.6 Å². The van der Waals surface area contributed by atoms with Crippen LogP contribution in [0.3, 0.4) is 0 Å². The molecule has 2 amide bonds. The van der Waals surface area contributed by atoms with Crippen LogP contribution in [0.25, 0.3) is 0 Å². The maximum absolute atomic E-state index is 12.8. The molecule has 1 aliphatic rings. The predicted octanol–water partition coefficient (Wildman–Crippen LogP) is 4.35. The van der Waals surface area contributed by atoms with E-state index in [1.165, 1.54) is 29.6 Å². The second kappa shape index (κ2) is 9.95. The minimum atomic E-state index is -0.587. The topological polar surface area (TPSA) is 102 Å². The maximum Gasteiger partial charge on any atom is 0.341 e. The number of aryl methyl sites for hydroxylation is 1. The summed E-state index contributed by atoms with van der Waals surface area (Å²) < 4.78 is 5.35. The minimum absolute atomic E-state index is 0.0678. The van der Waals surface area contributed by atoms with Crippen LogP contribution in [0, 0.1) is 5.41 Å². The Hall–Kier alpha value is -2.52. The smallest absolute Gasteiger partial charge is 0.341 e. The molecule has 172 valence electrons. The second-order valence-electron chi connectivity index (χ2n) is 8.79. The molecular weight excluding hydrogens is 448 g/mol. The van der Waals surface area contributed by atoms with Gasteiger partial charge in [0.2, 0.25) is 17.6 Å². The molecule has 0 unspecified atom stereocenters. The number of carbonyl (C=O) groups is 4. The van der Waals surface area contributed by atoms with Crippen LogP contribution in [-0.4, -0.2) is 30.2 Å². The van der Waals surface area contributed by atoms with Gasteiger partial charge in [-0.2, -0.15) is 0 Å². The largest absolute Gasteiger partial charge is 0.454 e. The normalized spacial score (nSPS) is 13.2. The van der Waals surface area contributed by atoms with Gasteiger partial charge in [0, 0.05) is 22.1 Å². The fraction of sp³-hybridized carbons (Fsp3) is 0.478. The highest BCUT2D eigenvalue weighted by molar-refractivity contribution is 7.17. The van der Waals surface area contributed by atoms with Gasteiger partial charge >= 0.3 is 5.97 Å². The van der Waals surface area contributed by atoms with E-state index in [2.05, 4.69) is 10.6 Å². The number of Topliss-reactive ketones (excluding diaryl/α,β-unsaturated/α-hetero) is 1. The number of ketones is 1. The molecule has 7 nitrogen and oxygen atoms in total. The van der Waals surface area contributed by atoms with Crippen molar-refractivity contribution in [1.82, 2.24) is 5.32 Å². The Morgan fingerprint density at radius 1 is 1.06 bits per heavy atom. The molecule has 0 saturated heterocycles. The second-order valence-corrected chi connectivity index (χ2v) is 11.1. The first kappa shape index (κ1) is 24.1. The molecule has 2 N–H and O–H groups in total. The number of fused-ring (bicyclic) bond motifs is 1. The third-order valence-corrected chi connectivity index (χ3v) is 7.37. The third-order valence-electron chi connectivity index (χ3n) is 5.04. The molecule has 3 rings (SSSR count). The zero-order valence-electron chi connectivity index (χ0n) is 18.8. The van der Waals surface area contributed by atoms with E-state index in [-0.39, 0.29) is 24.2 Å². The number of amides is 2. The van der Waals surface area contributed by atoms with Gasteiger partial charge in [-0.25, -0.2) is 4.79 Å². The highest BCUT2D eigenvalue weighted by Gasteiger charge is 2.27. The molecule has 0 radical (unpaired) electrons. The van der Waals surface area contributed by atoms with E-state index < -0.39 is 11.4 Å². The van der Waals surface area contributed by atoms with Crippen LogP contribution in [0.2, 0.25) is 0 Å². The van der Waals surface area contributed by atoms with Crippen molar-refractivity contribution in [3.8, 4) is 0 Å². The van der Waals surface area contributed by atoms with Gasteiger partial charge in [0.15, 0.2) is 6.61 Å². The van der Waals surface area contributed by atoms with Crippen molar-refractivity contribution in [3.63, 3.8) is 0 Å². The number of hydrogen-bond donors (Lipinski definition) is 2. The lowest BCUT2D eigenvalue weighted by Crippen LogP contribution is -2.34. The third kappa shape index (κ3) is 5.83. The summed E-state index contributed by atoms with van der Waals surface area (Å²) in [5, 5.41) is 6.08. The Kier molecular flexibility index (Phi) is 7.51. The van der Waals surface area contributed by atoms with Crippen molar-refractivity contribution >= 4 is 51.2 Å². The first-order valence-electron chi connectivity index (χ1n) is 10.6. The maximum atomic E-state index is 12.8. The van der Waals surface area contributed by atoms with Crippen molar-refractivity contribution in [2.24, 2.45) is 5.41 Å². The predicted molar refractivity (Wildman–Crippen MR) is 125 cm³/mol. The standard InChI is InChI=1S/C23H28N2O5S2/c1-13(26)25-20-19(15-7-5-6-8-17(15)32-20)21(28)30-12-16(27)18-10-9-14(31-18)11-24-22(29)23(2,3)4/h9-10H,5-8,11-12H2,1-4H3,(H,24,29)(H,25,26). The van der Waals surface area contributed by atoms with Crippen LogP contribution in [0.1, 0.15) is 75.9 Å². The molecule has 32 heavy (non-hydrogen) atoms. The summed E-state index contributed by atoms with van der Waals surface area (Å²) in [6.07, 6.45) is 3.67. The molecule has 0 bridgehead atoms. The number of hydrogen-bond acceptors (Lipinski definition) is 7. The first-order chi connectivity index (χ1) is 15.1. The number of nitrogens with one attached hydrogen (secondary N) is 2. The number of ether oxygens (including phenoxy) is 1. The number of thiophene rings is 2. The molecule has 0 saturated carbocycles. The van der Waals surface area contributed by atoms with E-state index in [1.54, 1.807) is 12.1 Å². The molecule has 0 aliphatic heterocycles. The van der Waals surface area contributed by atoms with Crippen molar-refractivity contribution in [2.45, 2.75) is 59.9 Å². The van der Waals surface area contributed by atoms with Gasteiger partial charge in [-0.15, -0.1) is 22.7 Å². The van der Waals surface area contributed by atoms with E-state index in [0.717, 1.165) is 41.0 Å². The molecule has 0 spiro atoms. The zero-order valence-corrected chi connectivity index (χ0v) is 20.4. The quantitative estimate of drug-likeness (QED) is 0.457. The summed E-state index contributed by atoms with van der Waals surface area (Å²) in [4.78, 5) is 51.4. The van der Waals surface area contributed by atoms with Crippen molar-refractivity contribution in [2.75, 3.05) is 11.9 Å². The van der Waals surface area contributed by atoms with E-state index in [4.69, 9.17) is 4.74 Å². The van der Waals surface area contributed by atoms with Crippen LogP contribution in [0.15, 0.2) is 12.1 Å². The molecule has 2 heterocycles. The summed E-state index contributed by atoms with van der Waals surface area (Å²) in [6, 6.07) is 3.46. The van der Waals surface area contributed by atoms with Gasteiger partial charge < -0.3 is 15.4 Å². The lowest BCUT2D eigenvalue weighted by atomic mass is 9.95. The monoisotopic (exact) mass is 476 g/mol. The van der Waals surface area contributed by atoms with Gasteiger partial charge in [0.1, 0.15) is 5.00 Å². The molecule has 1 aliphatic carbocycles. The summed E-state index contributed by atoms with van der Waals surface area (Å²) in [6.45, 7) is 6.87. The highest BCUT2D eigenvalue weighted by atomic mass is 32.1. The first-order valence-corrected chi connectivity index (χ1v) is 12.2. The van der Waals surface area contributed by atoms with Gasteiger partial charge in [0.05, 0.1) is 17.0 Å². The van der Waals surface area contributed by atoms with Crippen LogP contribution >= 0.6 is 22.7 Å². The van der Waals surface area contributed by atoms with E-state index in [9.17, 15) is 19.2 Å². The van der Waals surface area contributed by atoms with E-state index in [0.29, 0.717) is 22.0 Å². The summed E-state index contributed by atoms with van der Waals surface area (Å²) in [5.41, 5.74) is 0.820. The molecule has 0 aromatic carbocycles. The zero-order chi connectivity index (χ0) is 23.5. The molecule has 0 fully saturated rings. The lowest BCUT2D eigenvalue weighted by Gasteiger charge is -2.17. The van der Waals surface area contributed by atoms with Gasteiger partial charge in [-0.05, 0) is 43.4 Å². The fourth-order valence-corrected chi connectivity index (χ4v) is 5.55. The Balaban J connectivity index is 1.63.